The predicted octanol–water partition coefficient (Wildman–Crippen LogP) is 2.12. The maximum Gasteiger partial charge on any atom is 0.519 e. The summed E-state index contributed by atoms with van der Waals surface area (Å²) in [4.78, 5) is 54.0. The van der Waals surface area contributed by atoms with Gasteiger partial charge in [-0.2, -0.15) is 0 Å². The van der Waals surface area contributed by atoms with Crippen molar-refractivity contribution in [1.29, 1.82) is 0 Å². The Labute approximate surface area is 180 Å². The van der Waals surface area contributed by atoms with Crippen LogP contribution in [-0.2, 0) is 32.2 Å². The Hall–Kier alpha value is -3.42. The second kappa shape index (κ2) is 13.0. The lowest BCUT2D eigenvalue weighted by Gasteiger charge is -2.05. The number of ether oxygens (including phenoxy) is 3. The molecule has 0 aliphatic rings. The molecule has 0 aliphatic heterocycles. The average molecular weight is 465 g/mol. The third-order valence-electron chi connectivity index (χ3n) is 3.18. The largest absolute Gasteiger partial charge is 0.519 e. The van der Waals surface area contributed by atoms with E-state index in [-0.39, 0.29) is 45.1 Å². The van der Waals surface area contributed by atoms with Gasteiger partial charge >= 0.3 is 29.0 Å². The van der Waals surface area contributed by atoms with Crippen molar-refractivity contribution in [1.82, 2.24) is 5.32 Å². The van der Waals surface area contributed by atoms with E-state index in [4.69, 9.17) is 9.47 Å². The van der Waals surface area contributed by atoms with Crippen molar-refractivity contribution in [2.24, 2.45) is 0 Å². The molecule has 174 valence electrons. The summed E-state index contributed by atoms with van der Waals surface area (Å²) in [7, 11) is 0. The van der Waals surface area contributed by atoms with E-state index in [1.807, 2.05) is 0 Å². The van der Waals surface area contributed by atoms with Crippen molar-refractivity contribution in [2.75, 3.05) is 19.4 Å². The van der Waals surface area contributed by atoms with Crippen molar-refractivity contribution in [2.45, 2.75) is 34.0 Å². The average Bonchev–Trinajstić information content (AvgIpc) is 3.22. The van der Waals surface area contributed by atoms with E-state index in [1.54, 1.807) is 20.1 Å². The molecular formula is C17H23NO12S. The number of rotatable bonds is 7. The molecule has 2 heterocycles. The van der Waals surface area contributed by atoms with Crippen molar-refractivity contribution >= 4 is 29.1 Å². The molecule has 1 amide bonds. The molecule has 31 heavy (non-hydrogen) atoms. The second-order valence-electron chi connectivity index (χ2n) is 5.34. The van der Waals surface area contributed by atoms with Gasteiger partial charge in [-0.3, -0.25) is 4.79 Å². The smallest absolute Gasteiger partial charge is 0.465 e. The summed E-state index contributed by atoms with van der Waals surface area (Å²) >= 11 is 0.945. The summed E-state index contributed by atoms with van der Waals surface area (Å²) in [6.07, 6.45) is 0.770. The zero-order chi connectivity index (χ0) is 23.4. The van der Waals surface area contributed by atoms with Gasteiger partial charge in [0.2, 0.25) is 0 Å². The van der Waals surface area contributed by atoms with Crippen LogP contribution in [0.25, 0.3) is 0 Å². The van der Waals surface area contributed by atoms with Crippen LogP contribution in [0.2, 0.25) is 0 Å². The summed E-state index contributed by atoms with van der Waals surface area (Å²) < 4.78 is 32.3. The highest BCUT2D eigenvalue weighted by Crippen LogP contribution is 2.09. The molecule has 0 bridgehead atoms. The Morgan fingerprint density at radius 1 is 0.903 bits per heavy atom. The summed E-state index contributed by atoms with van der Waals surface area (Å²) in [6.45, 7) is 4.33. The molecule has 0 atom stereocenters. The standard InChI is InChI=1S/C10H13NO7.C7H8O5S.H2/c1-3-15-8(12)4-11-9(13)16-5-7-6(2)17-10(14)18-7;1-4-5(12-6(8)11-4)3-10-7(9)13-2;/h3-5H2,1-2H3,(H,11,13);3H2,1-2H3;1H. The fourth-order valence-corrected chi connectivity index (χ4v) is 1.91. The number of aryl methyl sites for hydroxylation is 2. The highest BCUT2D eigenvalue weighted by molar-refractivity contribution is 8.12. The summed E-state index contributed by atoms with van der Waals surface area (Å²) in [6, 6.07) is 0. The molecule has 14 heteroatoms. The van der Waals surface area contributed by atoms with E-state index in [0.717, 1.165) is 11.8 Å². The minimum atomic E-state index is -0.863. The van der Waals surface area contributed by atoms with Crippen LogP contribution >= 0.6 is 11.8 Å². The normalized spacial score (nSPS) is 9.94. The number of hydrogen-bond acceptors (Lipinski definition) is 13. The van der Waals surface area contributed by atoms with Crippen LogP contribution < -0.4 is 17.0 Å². The molecule has 2 aromatic rings. The van der Waals surface area contributed by atoms with Gasteiger partial charge in [-0.25, -0.2) is 19.2 Å². The number of thioether (sulfide) groups is 1. The van der Waals surface area contributed by atoms with Crippen molar-refractivity contribution in [3.63, 3.8) is 0 Å². The number of hydrogen-bond donors (Lipinski definition) is 1. The number of alkyl carbamates (subject to hydrolysis) is 1. The molecule has 0 fully saturated rings. The first-order valence-electron chi connectivity index (χ1n) is 8.62. The summed E-state index contributed by atoms with van der Waals surface area (Å²) in [5.74, 6) is -1.29. The molecule has 0 saturated carbocycles. The van der Waals surface area contributed by atoms with Crippen molar-refractivity contribution < 1.29 is 47.7 Å². The SMILES string of the molecule is CCOC(=O)CNC(=O)OCc1oc(=O)oc1C.CSC(=O)OCc1oc(=O)oc1C.[HH]. The fraction of sp³-hybridized carbons (Fsp3) is 0.471. The van der Waals surface area contributed by atoms with Crippen LogP contribution in [0, 0.1) is 13.8 Å². The number of nitrogens with one attached hydrogen (secondary N) is 1. The molecule has 13 nitrogen and oxygen atoms in total. The van der Waals surface area contributed by atoms with Gasteiger partial charge in [-0.15, -0.1) is 0 Å². The maximum absolute atomic E-state index is 11.2. The second-order valence-corrected chi connectivity index (χ2v) is 6.09. The Bertz CT molecular complexity index is 988. The van der Waals surface area contributed by atoms with E-state index < -0.39 is 29.0 Å². The number of carbonyl (C=O) groups is 3. The number of carbonyl (C=O) groups excluding carboxylic acids is 3. The van der Waals surface area contributed by atoms with Gasteiger partial charge in [0, 0.05) is 1.43 Å². The van der Waals surface area contributed by atoms with Crippen LogP contribution in [0.3, 0.4) is 0 Å². The van der Waals surface area contributed by atoms with Crippen LogP contribution in [0.5, 0.6) is 0 Å². The highest BCUT2D eigenvalue weighted by atomic mass is 32.2. The lowest BCUT2D eigenvalue weighted by atomic mass is 10.4. The Morgan fingerprint density at radius 3 is 1.84 bits per heavy atom. The van der Waals surface area contributed by atoms with Gasteiger partial charge in [0.25, 0.3) is 0 Å². The molecular weight excluding hydrogens is 442 g/mol. The fourth-order valence-electron chi connectivity index (χ4n) is 1.73. The molecule has 2 rings (SSSR count). The van der Waals surface area contributed by atoms with Gasteiger partial charge in [-0.1, -0.05) is 0 Å². The van der Waals surface area contributed by atoms with Gasteiger partial charge in [0.05, 0.1) is 6.61 Å². The highest BCUT2D eigenvalue weighted by Gasteiger charge is 2.12. The molecule has 0 aliphatic carbocycles. The van der Waals surface area contributed by atoms with E-state index >= 15 is 0 Å². The first-order chi connectivity index (χ1) is 14.7. The zero-order valence-electron chi connectivity index (χ0n) is 17.1. The minimum absolute atomic E-state index is 0. The van der Waals surface area contributed by atoms with Gasteiger partial charge in [0.15, 0.2) is 36.3 Å². The number of esters is 1. The Kier molecular flexibility index (Phi) is 10.7. The summed E-state index contributed by atoms with van der Waals surface area (Å²) in [5.41, 5.74) is 0. The topological polar surface area (TPSA) is 178 Å². The molecule has 0 radical (unpaired) electrons. The molecule has 1 N–H and O–H groups in total. The third-order valence-corrected chi connectivity index (χ3v) is 3.63. The third kappa shape index (κ3) is 9.75. The summed E-state index contributed by atoms with van der Waals surface area (Å²) in [5, 5.41) is 1.75. The monoisotopic (exact) mass is 465 g/mol. The van der Waals surface area contributed by atoms with Gasteiger partial charge < -0.3 is 37.2 Å². The van der Waals surface area contributed by atoms with E-state index in [0.29, 0.717) is 5.76 Å². The molecule has 0 aromatic carbocycles. The Balaban J connectivity index is 0.000000611. The first kappa shape index (κ1) is 25.6. The van der Waals surface area contributed by atoms with E-state index in [9.17, 15) is 24.0 Å². The van der Waals surface area contributed by atoms with E-state index in [1.165, 1.54) is 6.92 Å². The lowest BCUT2D eigenvalue weighted by molar-refractivity contribution is -0.141. The minimum Gasteiger partial charge on any atom is -0.465 e. The zero-order valence-corrected chi connectivity index (χ0v) is 18.0. The van der Waals surface area contributed by atoms with E-state index in [2.05, 4.69) is 27.7 Å². The Morgan fingerprint density at radius 2 is 1.42 bits per heavy atom. The van der Waals surface area contributed by atoms with Gasteiger partial charge in [-0.05, 0) is 38.8 Å². The lowest BCUT2D eigenvalue weighted by Crippen LogP contribution is -2.31. The predicted molar refractivity (Wildman–Crippen MR) is 105 cm³/mol. The quantitative estimate of drug-likeness (QED) is 0.465. The van der Waals surface area contributed by atoms with Crippen LogP contribution in [0.4, 0.5) is 9.59 Å². The first-order valence-corrected chi connectivity index (χ1v) is 9.84. The molecule has 0 saturated heterocycles. The molecule has 2 aromatic heterocycles. The van der Waals surface area contributed by atoms with Crippen LogP contribution in [0.1, 0.15) is 31.4 Å². The molecule has 0 unspecified atom stereocenters. The van der Waals surface area contributed by atoms with Gasteiger partial charge in [0.1, 0.15) is 6.54 Å². The maximum atomic E-state index is 11.2. The van der Waals surface area contributed by atoms with Crippen LogP contribution in [-0.4, -0.2) is 36.8 Å². The molecule has 0 spiro atoms. The van der Waals surface area contributed by atoms with Crippen molar-refractivity contribution in [3.8, 4) is 0 Å². The number of amides is 1. The van der Waals surface area contributed by atoms with Crippen molar-refractivity contribution in [3.05, 3.63) is 44.3 Å². The van der Waals surface area contributed by atoms with Crippen LogP contribution in [0.15, 0.2) is 27.3 Å².